The van der Waals surface area contributed by atoms with Gasteiger partial charge in [0.05, 0.1) is 0 Å². The average Bonchev–Trinajstić information content (AvgIpc) is 2.20. The molecule has 0 aliphatic heterocycles. The predicted molar refractivity (Wildman–Crippen MR) is 28.1 cm³/mol. The minimum absolute atomic E-state index is 0. The van der Waals surface area contributed by atoms with Gasteiger partial charge in [0.15, 0.2) is 0 Å². The van der Waals surface area contributed by atoms with Crippen LogP contribution in [0, 0.1) is 66.6 Å². The van der Waals surface area contributed by atoms with Gasteiger partial charge in [-0.05, 0) is 0 Å². The minimum atomic E-state index is 0. The third-order valence-electron chi connectivity index (χ3n) is 0. The third kappa shape index (κ3) is 129. The number of hydrogen-bond acceptors (Lipinski definition) is 5. The van der Waals surface area contributed by atoms with Crippen LogP contribution in [-0.4, -0.2) is 0 Å². The van der Waals surface area contributed by atoms with E-state index in [1.165, 1.54) is 0 Å². The molecular formula is C6N5Nb. The van der Waals surface area contributed by atoms with E-state index in [0.29, 0.717) is 0 Å². The molecule has 0 aromatic carbocycles. The quantitative estimate of drug-likeness (QED) is 0.448. The maximum absolute atomic E-state index is 6.25. The van der Waals surface area contributed by atoms with Crippen molar-refractivity contribution in [2.75, 3.05) is 0 Å². The number of nitrogens with zero attached hydrogens (tertiary/aromatic N) is 5. The molecule has 0 amide bonds. The van der Waals surface area contributed by atoms with E-state index in [-0.39, 0.29) is 29.8 Å². The zero-order valence-corrected chi connectivity index (χ0v) is 7.88. The summed E-state index contributed by atoms with van der Waals surface area (Å²) in [6, 6.07) is 0. The van der Waals surface area contributed by atoms with Crippen molar-refractivity contribution in [3.8, 4) is 0 Å². The Kier molecular flexibility index (Phi) is 1330. The van der Waals surface area contributed by atoms with Crippen molar-refractivity contribution in [2.24, 2.45) is 0 Å². The van der Waals surface area contributed by atoms with E-state index in [9.17, 15) is 0 Å². The molecule has 0 atom stereocenters. The standard InChI is InChI=1S/5CN.C.Nb/c5*1-2;;/q5*-1;;+5. The Morgan fingerprint density at radius 3 is 0.417 bits per heavy atom. The van der Waals surface area contributed by atoms with Crippen LogP contribution in [0.15, 0.2) is 0 Å². The molecule has 54 valence electrons. The van der Waals surface area contributed by atoms with Crippen LogP contribution in [0.2, 0.25) is 0 Å². The van der Waals surface area contributed by atoms with Crippen molar-refractivity contribution < 1.29 is 22.4 Å². The molecule has 0 N–H and O–H groups in total. The van der Waals surface area contributed by atoms with Gasteiger partial charge in [-0.2, -0.15) is 0 Å². The Morgan fingerprint density at radius 2 is 0.417 bits per heavy atom. The summed E-state index contributed by atoms with van der Waals surface area (Å²) < 4.78 is 0. The third-order valence-corrected chi connectivity index (χ3v) is 0. The molecular weight excluding hydrogens is 235 g/mol. The summed E-state index contributed by atoms with van der Waals surface area (Å²) in [5.74, 6) is 0. The molecule has 0 aliphatic rings. The van der Waals surface area contributed by atoms with Crippen LogP contribution < -0.4 is 0 Å². The van der Waals surface area contributed by atoms with Gasteiger partial charge in [0.1, 0.15) is 0 Å². The van der Waals surface area contributed by atoms with Gasteiger partial charge < -0.3 is 59.2 Å². The Labute approximate surface area is 89.2 Å². The molecule has 0 aromatic rings. The molecule has 4 radical (unpaired) electrons. The molecule has 5 nitrogen and oxygen atoms in total. The van der Waals surface area contributed by atoms with Gasteiger partial charge in [-0.15, -0.1) is 0 Å². The molecule has 0 saturated heterocycles. The van der Waals surface area contributed by atoms with Crippen molar-refractivity contribution >= 4 is 0 Å². The maximum atomic E-state index is 6.25. The second kappa shape index (κ2) is 188. The van der Waals surface area contributed by atoms with Gasteiger partial charge in [-0.1, -0.05) is 0 Å². The molecule has 0 unspecified atom stereocenters. The summed E-state index contributed by atoms with van der Waals surface area (Å²) in [5, 5.41) is 31.2. The van der Waals surface area contributed by atoms with Crippen LogP contribution in [0.4, 0.5) is 0 Å². The van der Waals surface area contributed by atoms with Crippen molar-refractivity contribution in [1.29, 1.82) is 26.3 Å². The summed E-state index contributed by atoms with van der Waals surface area (Å²) >= 11 is 0. The van der Waals surface area contributed by atoms with Gasteiger partial charge in [0.2, 0.25) is 0 Å². The monoisotopic (exact) mass is 235 g/mol. The average molecular weight is 235 g/mol. The van der Waals surface area contributed by atoms with Crippen molar-refractivity contribution in [2.45, 2.75) is 0 Å². The zero-order valence-electron chi connectivity index (χ0n) is 5.68. The SMILES string of the molecule is [C-]#N.[C-]#N.[C-]#N.[C-]#N.[C-]#N.[C].[Nb+5]. The fourth-order valence-corrected chi connectivity index (χ4v) is 0. The van der Waals surface area contributed by atoms with Crippen molar-refractivity contribution in [3.63, 3.8) is 0 Å². The van der Waals surface area contributed by atoms with E-state index >= 15 is 0 Å². The maximum Gasteiger partial charge on any atom is 5.00 e. The van der Waals surface area contributed by atoms with Gasteiger partial charge >= 0.3 is 22.4 Å². The minimum Gasteiger partial charge on any atom is -0.512 e. The van der Waals surface area contributed by atoms with E-state index in [4.69, 9.17) is 59.2 Å². The zero-order chi connectivity index (χ0) is 10.0. The number of rotatable bonds is 0. The molecule has 6 heteroatoms. The Bertz CT molecular complexity index is 74.5. The molecule has 0 bridgehead atoms. The summed E-state index contributed by atoms with van der Waals surface area (Å²) in [5.41, 5.74) is 0. The fourth-order valence-electron chi connectivity index (χ4n) is 0. The summed E-state index contributed by atoms with van der Waals surface area (Å²) in [6.45, 7) is 23.8. The summed E-state index contributed by atoms with van der Waals surface area (Å²) in [4.78, 5) is 0. The summed E-state index contributed by atoms with van der Waals surface area (Å²) in [6.07, 6.45) is 0. The van der Waals surface area contributed by atoms with E-state index in [2.05, 4.69) is 0 Å². The molecule has 0 aliphatic carbocycles. The van der Waals surface area contributed by atoms with Gasteiger partial charge in [-0.3, -0.25) is 0 Å². The summed E-state index contributed by atoms with van der Waals surface area (Å²) in [7, 11) is 0. The topological polar surface area (TPSA) is 119 Å². The largest absolute Gasteiger partial charge is 5.00 e. The molecule has 0 heterocycles. The van der Waals surface area contributed by atoms with Crippen LogP contribution in [0.3, 0.4) is 0 Å². The van der Waals surface area contributed by atoms with Gasteiger partial charge in [0.25, 0.3) is 0 Å². The van der Waals surface area contributed by atoms with E-state index in [1.54, 1.807) is 0 Å². The Morgan fingerprint density at radius 1 is 0.417 bits per heavy atom. The Balaban J connectivity index is -0.00000000500. The first-order valence-corrected chi connectivity index (χ1v) is 1.12. The first-order valence-electron chi connectivity index (χ1n) is 1.12. The van der Waals surface area contributed by atoms with Gasteiger partial charge in [0, 0.05) is 7.43 Å². The molecule has 0 spiro atoms. The second-order valence-electron chi connectivity index (χ2n) is 0. The fraction of sp³-hybridized carbons (Fsp3) is 0. The smallest absolute Gasteiger partial charge is 0.512 e. The predicted octanol–water partition coefficient (Wildman–Crippen LogP) is 0.561. The second-order valence-corrected chi connectivity index (χ2v) is 0. The molecule has 12 heavy (non-hydrogen) atoms. The van der Waals surface area contributed by atoms with Crippen LogP contribution in [-0.2, 0) is 22.4 Å². The van der Waals surface area contributed by atoms with Crippen molar-refractivity contribution in [1.82, 2.24) is 0 Å². The Hall–Kier alpha value is -1.81. The molecule has 0 rings (SSSR count). The van der Waals surface area contributed by atoms with Crippen LogP contribution in [0.5, 0.6) is 0 Å². The van der Waals surface area contributed by atoms with Crippen LogP contribution >= 0.6 is 0 Å². The van der Waals surface area contributed by atoms with E-state index in [0.717, 1.165) is 0 Å². The van der Waals surface area contributed by atoms with E-state index < -0.39 is 0 Å². The molecule has 0 aromatic heterocycles. The molecule has 0 fully saturated rings. The first-order chi connectivity index (χ1) is 5.00. The van der Waals surface area contributed by atoms with Crippen LogP contribution in [0.25, 0.3) is 0 Å². The van der Waals surface area contributed by atoms with E-state index in [1.807, 2.05) is 0 Å². The van der Waals surface area contributed by atoms with Crippen molar-refractivity contribution in [3.05, 3.63) is 40.3 Å². The van der Waals surface area contributed by atoms with Crippen LogP contribution in [0.1, 0.15) is 0 Å². The number of hydrogen-bond donors (Lipinski definition) is 0. The molecule has 0 saturated carbocycles. The first kappa shape index (κ1) is 84.6. The van der Waals surface area contributed by atoms with Gasteiger partial charge in [-0.25, -0.2) is 0 Å². The normalized spacial score (nSPS) is 0.833.